The van der Waals surface area contributed by atoms with Crippen LogP contribution >= 0.6 is 12.4 Å². The van der Waals surface area contributed by atoms with Gasteiger partial charge in [0.25, 0.3) is 0 Å². The lowest BCUT2D eigenvalue weighted by molar-refractivity contribution is 0.376. The molecule has 0 bridgehead atoms. The minimum absolute atomic E-state index is 0. The van der Waals surface area contributed by atoms with Crippen molar-refractivity contribution in [1.29, 1.82) is 0 Å². The Morgan fingerprint density at radius 1 is 1.38 bits per heavy atom. The van der Waals surface area contributed by atoms with E-state index < -0.39 is 0 Å². The average Bonchev–Trinajstić information content (AvgIpc) is 1.98. The summed E-state index contributed by atoms with van der Waals surface area (Å²) >= 11 is 0. The first-order valence-corrected chi connectivity index (χ1v) is 3.75. The lowest BCUT2D eigenvalue weighted by Crippen LogP contribution is -2.12. The van der Waals surface area contributed by atoms with E-state index in [-0.39, 0.29) is 18.2 Å². The van der Waals surface area contributed by atoms with E-state index in [9.17, 15) is 5.11 Å². The number of halogens is 1. The molecule has 0 aliphatic heterocycles. The molecule has 1 N–H and O–H groups in total. The molecule has 0 unspecified atom stereocenters. The SMILES string of the molecule is Cc1ncnc(CN(C)C)c1O.Cl. The topological polar surface area (TPSA) is 49.2 Å². The number of hydrogen-bond acceptors (Lipinski definition) is 4. The first kappa shape index (κ1) is 12.1. The molecule has 1 aromatic rings. The third kappa shape index (κ3) is 3.16. The maximum atomic E-state index is 9.49. The van der Waals surface area contributed by atoms with Crippen LogP contribution in [0.3, 0.4) is 0 Å². The molecule has 1 rings (SSSR count). The molecule has 0 amide bonds. The zero-order chi connectivity index (χ0) is 9.14. The minimum atomic E-state index is 0. The van der Waals surface area contributed by atoms with Gasteiger partial charge >= 0.3 is 0 Å². The van der Waals surface area contributed by atoms with Crippen molar-refractivity contribution in [3.63, 3.8) is 0 Å². The summed E-state index contributed by atoms with van der Waals surface area (Å²) in [5, 5.41) is 9.49. The lowest BCUT2D eigenvalue weighted by Gasteiger charge is -2.10. The van der Waals surface area contributed by atoms with Crippen molar-refractivity contribution in [3.8, 4) is 5.75 Å². The highest BCUT2D eigenvalue weighted by Crippen LogP contribution is 2.17. The molecule has 4 nitrogen and oxygen atoms in total. The van der Waals surface area contributed by atoms with Crippen molar-refractivity contribution < 1.29 is 5.11 Å². The van der Waals surface area contributed by atoms with Crippen molar-refractivity contribution in [2.45, 2.75) is 13.5 Å². The zero-order valence-corrected chi connectivity index (χ0v) is 8.80. The summed E-state index contributed by atoms with van der Waals surface area (Å²) in [4.78, 5) is 9.79. The highest BCUT2D eigenvalue weighted by Gasteiger charge is 2.06. The summed E-state index contributed by atoms with van der Waals surface area (Å²) in [6.07, 6.45) is 1.47. The standard InChI is InChI=1S/C8H13N3O.ClH/c1-6-8(12)7(4-11(2)3)10-5-9-6;/h5,12H,4H2,1-3H3;1H. The number of rotatable bonds is 2. The predicted molar refractivity (Wildman–Crippen MR) is 53.1 cm³/mol. The van der Waals surface area contributed by atoms with Crippen LogP contribution in [0.2, 0.25) is 0 Å². The number of nitrogens with zero attached hydrogens (tertiary/aromatic N) is 3. The van der Waals surface area contributed by atoms with Crippen LogP contribution in [-0.4, -0.2) is 34.1 Å². The maximum Gasteiger partial charge on any atom is 0.159 e. The summed E-state index contributed by atoms with van der Waals surface area (Å²) < 4.78 is 0. The molecule has 0 aliphatic rings. The molecular formula is C8H14ClN3O. The van der Waals surface area contributed by atoms with Crippen LogP contribution in [0.15, 0.2) is 6.33 Å². The van der Waals surface area contributed by atoms with Crippen LogP contribution in [0.25, 0.3) is 0 Å². The van der Waals surface area contributed by atoms with E-state index in [1.165, 1.54) is 6.33 Å². The van der Waals surface area contributed by atoms with Gasteiger partial charge in [-0.15, -0.1) is 12.4 Å². The van der Waals surface area contributed by atoms with Gasteiger partial charge in [0, 0.05) is 6.54 Å². The number of aromatic nitrogens is 2. The van der Waals surface area contributed by atoms with E-state index in [0.29, 0.717) is 17.9 Å². The van der Waals surface area contributed by atoms with E-state index in [2.05, 4.69) is 9.97 Å². The van der Waals surface area contributed by atoms with Crippen molar-refractivity contribution >= 4 is 12.4 Å². The molecule has 0 fully saturated rings. The van der Waals surface area contributed by atoms with Crippen LogP contribution in [0.5, 0.6) is 5.75 Å². The second-order valence-electron chi connectivity index (χ2n) is 2.99. The molecule has 0 saturated carbocycles. The third-order valence-electron chi connectivity index (χ3n) is 1.55. The Kier molecular flexibility index (Phi) is 4.66. The normalized spacial score (nSPS) is 9.85. The van der Waals surface area contributed by atoms with Crippen molar-refractivity contribution in [2.24, 2.45) is 0 Å². The second-order valence-corrected chi connectivity index (χ2v) is 2.99. The largest absolute Gasteiger partial charge is 0.504 e. The number of aryl methyl sites for hydroxylation is 1. The molecule has 13 heavy (non-hydrogen) atoms. The Morgan fingerprint density at radius 3 is 2.54 bits per heavy atom. The van der Waals surface area contributed by atoms with Crippen molar-refractivity contribution in [1.82, 2.24) is 14.9 Å². The summed E-state index contributed by atoms with van der Waals surface area (Å²) in [7, 11) is 3.85. The summed E-state index contributed by atoms with van der Waals surface area (Å²) in [5.74, 6) is 0.200. The third-order valence-corrected chi connectivity index (χ3v) is 1.55. The fourth-order valence-corrected chi connectivity index (χ4v) is 0.932. The van der Waals surface area contributed by atoms with Crippen LogP contribution in [0, 0.1) is 6.92 Å². The Labute approximate surface area is 84.0 Å². The van der Waals surface area contributed by atoms with Crippen LogP contribution < -0.4 is 0 Å². The molecule has 1 heterocycles. The Hall–Kier alpha value is -0.870. The van der Waals surface area contributed by atoms with Gasteiger partial charge in [0.2, 0.25) is 0 Å². The maximum absolute atomic E-state index is 9.49. The predicted octanol–water partition coefficient (Wildman–Crippen LogP) is 0.974. The van der Waals surface area contributed by atoms with E-state index in [4.69, 9.17) is 0 Å². The van der Waals surface area contributed by atoms with Gasteiger partial charge in [-0.1, -0.05) is 0 Å². The first-order valence-electron chi connectivity index (χ1n) is 3.75. The van der Waals surface area contributed by atoms with E-state index >= 15 is 0 Å². The van der Waals surface area contributed by atoms with Crippen molar-refractivity contribution in [3.05, 3.63) is 17.7 Å². The molecule has 0 saturated heterocycles. The molecule has 0 radical (unpaired) electrons. The molecular weight excluding hydrogens is 190 g/mol. The highest BCUT2D eigenvalue weighted by molar-refractivity contribution is 5.85. The number of aromatic hydroxyl groups is 1. The second kappa shape index (κ2) is 4.99. The smallest absolute Gasteiger partial charge is 0.159 e. The number of hydrogen-bond donors (Lipinski definition) is 1. The quantitative estimate of drug-likeness (QED) is 0.779. The van der Waals surface area contributed by atoms with Gasteiger partial charge in [0.1, 0.15) is 6.33 Å². The van der Waals surface area contributed by atoms with E-state index in [1.54, 1.807) is 6.92 Å². The molecule has 74 valence electrons. The van der Waals surface area contributed by atoms with Gasteiger partial charge in [-0.3, -0.25) is 0 Å². The van der Waals surface area contributed by atoms with Gasteiger partial charge in [-0.05, 0) is 21.0 Å². The lowest BCUT2D eigenvalue weighted by atomic mass is 10.3. The van der Waals surface area contributed by atoms with Crippen LogP contribution in [0.1, 0.15) is 11.4 Å². The fraction of sp³-hybridized carbons (Fsp3) is 0.500. The summed E-state index contributed by atoms with van der Waals surface area (Å²) in [5.41, 5.74) is 1.30. The van der Waals surface area contributed by atoms with Gasteiger partial charge in [-0.25, -0.2) is 9.97 Å². The minimum Gasteiger partial charge on any atom is -0.504 e. The van der Waals surface area contributed by atoms with Crippen LogP contribution in [0.4, 0.5) is 0 Å². The van der Waals surface area contributed by atoms with Crippen molar-refractivity contribution in [2.75, 3.05) is 14.1 Å². The van der Waals surface area contributed by atoms with E-state index in [1.807, 2.05) is 19.0 Å². The molecule has 1 aromatic heterocycles. The van der Waals surface area contributed by atoms with Gasteiger partial charge < -0.3 is 10.0 Å². The Bertz CT molecular complexity index is 278. The fourth-order valence-electron chi connectivity index (χ4n) is 0.932. The summed E-state index contributed by atoms with van der Waals surface area (Å²) in [6, 6.07) is 0. The van der Waals surface area contributed by atoms with Gasteiger partial charge in [-0.2, -0.15) is 0 Å². The molecule has 0 atom stereocenters. The van der Waals surface area contributed by atoms with Gasteiger partial charge in [0.05, 0.1) is 11.4 Å². The molecule has 0 aromatic carbocycles. The zero-order valence-electron chi connectivity index (χ0n) is 7.98. The average molecular weight is 204 g/mol. The molecule has 0 aliphatic carbocycles. The van der Waals surface area contributed by atoms with Gasteiger partial charge in [0.15, 0.2) is 5.75 Å². The van der Waals surface area contributed by atoms with E-state index in [0.717, 1.165) is 0 Å². The first-order chi connectivity index (χ1) is 5.61. The summed E-state index contributed by atoms with van der Waals surface area (Å²) in [6.45, 7) is 2.39. The Balaban J connectivity index is 0.00000144. The Morgan fingerprint density at radius 2 is 2.00 bits per heavy atom. The molecule has 5 heteroatoms. The molecule has 0 spiro atoms. The highest BCUT2D eigenvalue weighted by atomic mass is 35.5. The van der Waals surface area contributed by atoms with Crippen LogP contribution in [-0.2, 0) is 6.54 Å². The monoisotopic (exact) mass is 203 g/mol.